The van der Waals surface area contributed by atoms with Crippen LogP contribution in [-0.2, 0) is 6.54 Å². The molecule has 1 saturated heterocycles. The van der Waals surface area contributed by atoms with E-state index in [1.165, 1.54) is 29.9 Å². The Hall–Kier alpha value is -2.05. The molecular weight excluding hydrogens is 313 g/mol. The molecule has 0 saturated carbocycles. The van der Waals surface area contributed by atoms with E-state index in [1.54, 1.807) is 23.5 Å². The van der Waals surface area contributed by atoms with Crippen molar-refractivity contribution in [2.75, 3.05) is 6.54 Å². The molecule has 0 amide bonds. The number of likely N-dealkylation sites (tertiary alicyclic amines) is 1. The largest absolute Gasteiger partial charge is 0.338 e. The number of aromatic nitrogens is 2. The third-order valence-electron chi connectivity index (χ3n) is 4.14. The van der Waals surface area contributed by atoms with Gasteiger partial charge in [0.15, 0.2) is 0 Å². The Morgan fingerprint density at radius 2 is 2.13 bits per heavy atom. The van der Waals surface area contributed by atoms with Gasteiger partial charge in [0, 0.05) is 16.5 Å². The van der Waals surface area contributed by atoms with Crippen molar-refractivity contribution in [1.82, 2.24) is 15.0 Å². The fourth-order valence-corrected chi connectivity index (χ4v) is 3.92. The first kappa shape index (κ1) is 14.5. The van der Waals surface area contributed by atoms with Crippen molar-refractivity contribution in [2.45, 2.75) is 25.4 Å². The molecule has 1 aliphatic heterocycles. The van der Waals surface area contributed by atoms with Crippen LogP contribution in [0.1, 0.15) is 29.7 Å². The normalized spacial score (nSPS) is 18.6. The Labute approximate surface area is 137 Å². The summed E-state index contributed by atoms with van der Waals surface area (Å²) in [6.07, 6.45) is 2.35. The molecule has 0 unspecified atom stereocenters. The SMILES string of the molecule is Fc1ccc(-c2noc(CN3CCC[C@@H]3c3cccs3)n2)cc1. The predicted octanol–water partition coefficient (Wildman–Crippen LogP) is 4.27. The van der Waals surface area contributed by atoms with Gasteiger partial charge in [0.1, 0.15) is 5.82 Å². The summed E-state index contributed by atoms with van der Waals surface area (Å²) in [6, 6.07) is 10.8. The summed E-state index contributed by atoms with van der Waals surface area (Å²) in [4.78, 5) is 8.22. The maximum Gasteiger partial charge on any atom is 0.241 e. The van der Waals surface area contributed by atoms with Gasteiger partial charge >= 0.3 is 0 Å². The zero-order valence-electron chi connectivity index (χ0n) is 12.5. The van der Waals surface area contributed by atoms with Crippen LogP contribution in [0.5, 0.6) is 0 Å². The second kappa shape index (κ2) is 6.22. The van der Waals surface area contributed by atoms with Gasteiger partial charge < -0.3 is 4.52 Å². The first-order valence-corrected chi connectivity index (χ1v) is 8.53. The van der Waals surface area contributed by atoms with Crippen LogP contribution >= 0.6 is 11.3 Å². The lowest BCUT2D eigenvalue weighted by atomic mass is 10.2. The molecule has 1 aromatic carbocycles. The maximum atomic E-state index is 13.0. The molecule has 0 N–H and O–H groups in total. The standard InChI is InChI=1S/C17H16FN3OS/c18-13-7-5-12(6-8-13)17-19-16(22-20-17)11-21-9-1-3-14(21)15-4-2-10-23-15/h2,4-8,10,14H,1,3,9,11H2/t14-/m1/s1. The van der Waals surface area contributed by atoms with E-state index in [4.69, 9.17) is 4.52 Å². The molecule has 0 spiro atoms. The fourth-order valence-electron chi connectivity index (χ4n) is 3.03. The van der Waals surface area contributed by atoms with Crippen LogP contribution in [-0.4, -0.2) is 21.6 Å². The Morgan fingerprint density at radius 1 is 1.26 bits per heavy atom. The molecule has 23 heavy (non-hydrogen) atoms. The fraction of sp³-hybridized carbons (Fsp3) is 0.294. The summed E-state index contributed by atoms with van der Waals surface area (Å²) in [5.41, 5.74) is 0.762. The molecule has 6 heteroatoms. The van der Waals surface area contributed by atoms with Crippen LogP contribution in [0, 0.1) is 5.82 Å². The van der Waals surface area contributed by atoms with Gasteiger partial charge in [0.25, 0.3) is 0 Å². The van der Waals surface area contributed by atoms with E-state index in [-0.39, 0.29) is 5.82 Å². The molecule has 1 fully saturated rings. The zero-order valence-corrected chi connectivity index (χ0v) is 13.3. The first-order valence-electron chi connectivity index (χ1n) is 7.65. The average molecular weight is 329 g/mol. The highest BCUT2D eigenvalue weighted by molar-refractivity contribution is 7.10. The minimum absolute atomic E-state index is 0.270. The quantitative estimate of drug-likeness (QED) is 0.717. The van der Waals surface area contributed by atoms with Crippen molar-refractivity contribution in [3.05, 3.63) is 58.4 Å². The molecule has 1 atom stereocenters. The van der Waals surface area contributed by atoms with Gasteiger partial charge in [-0.05, 0) is 55.1 Å². The molecular formula is C17H16FN3OS. The average Bonchev–Trinajstić information content (AvgIpc) is 3.29. The van der Waals surface area contributed by atoms with Gasteiger partial charge in [-0.15, -0.1) is 11.3 Å². The van der Waals surface area contributed by atoms with E-state index in [0.717, 1.165) is 12.1 Å². The monoisotopic (exact) mass is 329 g/mol. The summed E-state index contributed by atoms with van der Waals surface area (Å²) in [6.45, 7) is 1.69. The van der Waals surface area contributed by atoms with Crippen molar-refractivity contribution in [3.8, 4) is 11.4 Å². The van der Waals surface area contributed by atoms with E-state index in [9.17, 15) is 4.39 Å². The minimum atomic E-state index is -0.270. The smallest absolute Gasteiger partial charge is 0.241 e. The van der Waals surface area contributed by atoms with Crippen LogP contribution in [0.15, 0.2) is 46.3 Å². The van der Waals surface area contributed by atoms with Gasteiger partial charge in [-0.25, -0.2) is 4.39 Å². The maximum absolute atomic E-state index is 13.0. The van der Waals surface area contributed by atoms with Gasteiger partial charge in [0.2, 0.25) is 11.7 Å². The van der Waals surface area contributed by atoms with Crippen molar-refractivity contribution < 1.29 is 8.91 Å². The number of halogens is 1. The highest BCUT2D eigenvalue weighted by atomic mass is 32.1. The molecule has 1 aliphatic rings. The van der Waals surface area contributed by atoms with Crippen LogP contribution in [0.2, 0.25) is 0 Å². The van der Waals surface area contributed by atoms with E-state index in [2.05, 4.69) is 32.6 Å². The lowest BCUT2D eigenvalue weighted by Gasteiger charge is -2.21. The highest BCUT2D eigenvalue weighted by Crippen LogP contribution is 2.35. The van der Waals surface area contributed by atoms with E-state index in [1.807, 2.05) is 0 Å². The lowest BCUT2D eigenvalue weighted by molar-refractivity contribution is 0.214. The van der Waals surface area contributed by atoms with Gasteiger partial charge in [-0.2, -0.15) is 4.98 Å². The van der Waals surface area contributed by atoms with Crippen LogP contribution in [0.3, 0.4) is 0 Å². The number of nitrogens with zero attached hydrogens (tertiary/aromatic N) is 3. The van der Waals surface area contributed by atoms with Gasteiger partial charge in [-0.1, -0.05) is 11.2 Å². The second-order valence-electron chi connectivity index (χ2n) is 5.66. The third kappa shape index (κ3) is 3.04. The summed E-state index contributed by atoms with van der Waals surface area (Å²) in [5, 5.41) is 6.13. The Balaban J connectivity index is 1.50. The first-order chi connectivity index (χ1) is 11.3. The molecule has 3 aromatic rings. The van der Waals surface area contributed by atoms with Gasteiger partial charge in [-0.3, -0.25) is 4.90 Å². The number of benzene rings is 1. The van der Waals surface area contributed by atoms with Crippen LogP contribution < -0.4 is 0 Å². The van der Waals surface area contributed by atoms with E-state index >= 15 is 0 Å². The molecule has 0 radical (unpaired) electrons. The lowest BCUT2D eigenvalue weighted by Crippen LogP contribution is -2.22. The van der Waals surface area contributed by atoms with Crippen LogP contribution in [0.4, 0.5) is 4.39 Å². The number of hydrogen-bond donors (Lipinski definition) is 0. The topological polar surface area (TPSA) is 42.2 Å². The highest BCUT2D eigenvalue weighted by Gasteiger charge is 2.28. The van der Waals surface area contributed by atoms with Crippen molar-refractivity contribution in [3.63, 3.8) is 0 Å². The van der Waals surface area contributed by atoms with E-state index < -0.39 is 0 Å². The summed E-state index contributed by atoms with van der Waals surface area (Å²) in [5.74, 6) is 0.841. The number of hydrogen-bond acceptors (Lipinski definition) is 5. The third-order valence-corrected chi connectivity index (χ3v) is 5.12. The summed E-state index contributed by atoms with van der Waals surface area (Å²) < 4.78 is 18.4. The molecule has 118 valence electrons. The van der Waals surface area contributed by atoms with Gasteiger partial charge in [0.05, 0.1) is 6.54 Å². The molecule has 0 bridgehead atoms. The number of rotatable bonds is 4. The van der Waals surface area contributed by atoms with Crippen molar-refractivity contribution in [1.29, 1.82) is 0 Å². The zero-order chi connectivity index (χ0) is 15.6. The van der Waals surface area contributed by atoms with Crippen LogP contribution in [0.25, 0.3) is 11.4 Å². The minimum Gasteiger partial charge on any atom is -0.338 e. The Bertz CT molecular complexity index is 770. The molecule has 4 rings (SSSR count). The molecule has 4 nitrogen and oxygen atoms in total. The predicted molar refractivity (Wildman–Crippen MR) is 86.4 cm³/mol. The summed E-state index contributed by atoms with van der Waals surface area (Å²) >= 11 is 1.79. The molecule has 2 aromatic heterocycles. The Morgan fingerprint density at radius 3 is 2.91 bits per heavy atom. The second-order valence-corrected chi connectivity index (χ2v) is 6.64. The number of thiophene rings is 1. The molecule has 0 aliphatic carbocycles. The molecule has 3 heterocycles. The summed E-state index contributed by atoms with van der Waals surface area (Å²) in [7, 11) is 0. The van der Waals surface area contributed by atoms with Crippen molar-refractivity contribution in [2.24, 2.45) is 0 Å². The van der Waals surface area contributed by atoms with E-state index in [0.29, 0.717) is 24.3 Å². The Kier molecular flexibility index (Phi) is 3.93. The van der Waals surface area contributed by atoms with Crippen molar-refractivity contribution >= 4 is 11.3 Å².